The zero-order valence-electron chi connectivity index (χ0n) is 13.3. The third-order valence-electron chi connectivity index (χ3n) is 3.35. The van der Waals surface area contributed by atoms with Crippen LogP contribution in [-0.2, 0) is 6.42 Å². The molecule has 0 fully saturated rings. The topological polar surface area (TPSA) is 67.1 Å². The monoisotopic (exact) mass is 297 g/mol. The molecule has 4 nitrogen and oxygen atoms in total. The number of rotatable bonds is 5. The van der Waals surface area contributed by atoms with Crippen LogP contribution in [0.3, 0.4) is 0 Å². The lowest BCUT2D eigenvalue weighted by molar-refractivity contribution is 0.0944. The number of nitrogens with two attached hydrogens (primary N) is 1. The van der Waals surface area contributed by atoms with Crippen LogP contribution in [0, 0.1) is 0 Å². The molecule has 116 valence electrons. The van der Waals surface area contributed by atoms with Gasteiger partial charge in [-0.15, -0.1) is 0 Å². The second-order valence-corrected chi connectivity index (χ2v) is 5.61. The van der Waals surface area contributed by atoms with E-state index in [1.54, 1.807) is 12.1 Å². The smallest absolute Gasteiger partial charge is 0.253 e. The first-order valence-corrected chi connectivity index (χ1v) is 7.56. The summed E-state index contributed by atoms with van der Waals surface area (Å²) < 4.78 is 0. The first kappa shape index (κ1) is 15.9. The van der Waals surface area contributed by atoms with E-state index in [4.69, 9.17) is 5.73 Å². The summed E-state index contributed by atoms with van der Waals surface area (Å²) in [6.45, 7) is 5.98. The average molecular weight is 297 g/mol. The number of anilines is 3. The van der Waals surface area contributed by atoms with Gasteiger partial charge in [-0.25, -0.2) is 0 Å². The van der Waals surface area contributed by atoms with E-state index in [9.17, 15) is 4.79 Å². The van der Waals surface area contributed by atoms with E-state index in [0.717, 1.165) is 17.8 Å². The molecule has 0 aliphatic carbocycles. The van der Waals surface area contributed by atoms with Crippen LogP contribution in [0.2, 0.25) is 0 Å². The number of hydrogen-bond donors (Lipinski definition) is 3. The maximum Gasteiger partial charge on any atom is 0.253 e. The van der Waals surface area contributed by atoms with Crippen molar-refractivity contribution in [3.8, 4) is 0 Å². The van der Waals surface area contributed by atoms with E-state index in [1.807, 2.05) is 32.0 Å². The minimum Gasteiger partial charge on any atom is -0.399 e. The van der Waals surface area contributed by atoms with E-state index in [1.165, 1.54) is 5.56 Å². The number of nitrogens with one attached hydrogen (secondary N) is 2. The maximum absolute atomic E-state index is 12.3. The molecule has 0 bridgehead atoms. The molecule has 0 spiro atoms. The van der Waals surface area contributed by atoms with E-state index < -0.39 is 0 Å². The Bertz CT molecular complexity index is 648. The number of nitrogen functional groups attached to an aromatic ring is 1. The Morgan fingerprint density at radius 3 is 2.41 bits per heavy atom. The molecular formula is C18H23N3O. The Kier molecular flexibility index (Phi) is 5.04. The third-order valence-corrected chi connectivity index (χ3v) is 3.35. The molecule has 4 N–H and O–H groups in total. The highest BCUT2D eigenvalue weighted by atomic mass is 16.1. The van der Waals surface area contributed by atoms with Crippen LogP contribution in [0.1, 0.15) is 36.7 Å². The summed E-state index contributed by atoms with van der Waals surface area (Å²) in [6.07, 6.45) is 1.00. The summed E-state index contributed by atoms with van der Waals surface area (Å²) in [4.78, 5) is 12.3. The molecule has 0 aliphatic heterocycles. The van der Waals surface area contributed by atoms with Gasteiger partial charge in [0.2, 0.25) is 0 Å². The molecule has 2 aromatic rings. The predicted molar refractivity (Wildman–Crippen MR) is 92.6 cm³/mol. The lowest BCUT2D eigenvalue weighted by Gasteiger charge is -2.15. The summed E-state index contributed by atoms with van der Waals surface area (Å²) in [7, 11) is 0. The Labute approximate surface area is 131 Å². The maximum atomic E-state index is 12.3. The van der Waals surface area contributed by atoms with Gasteiger partial charge in [0.15, 0.2) is 0 Å². The summed E-state index contributed by atoms with van der Waals surface area (Å²) >= 11 is 0. The molecule has 1 amide bonds. The highest BCUT2D eigenvalue weighted by Crippen LogP contribution is 2.24. The molecule has 0 aliphatic rings. The summed E-state index contributed by atoms with van der Waals surface area (Å²) in [5.74, 6) is -0.130. The lowest BCUT2D eigenvalue weighted by atomic mass is 10.1. The van der Waals surface area contributed by atoms with E-state index in [2.05, 4.69) is 29.7 Å². The van der Waals surface area contributed by atoms with Gasteiger partial charge >= 0.3 is 0 Å². The van der Waals surface area contributed by atoms with Crippen molar-refractivity contribution in [3.05, 3.63) is 53.6 Å². The molecule has 22 heavy (non-hydrogen) atoms. The fourth-order valence-corrected chi connectivity index (χ4v) is 2.18. The van der Waals surface area contributed by atoms with Crippen LogP contribution < -0.4 is 16.4 Å². The Morgan fingerprint density at radius 2 is 1.82 bits per heavy atom. The zero-order valence-corrected chi connectivity index (χ0v) is 13.3. The van der Waals surface area contributed by atoms with Crippen molar-refractivity contribution < 1.29 is 4.79 Å². The fraction of sp³-hybridized carbons (Fsp3) is 0.278. The first-order chi connectivity index (χ1) is 10.5. The van der Waals surface area contributed by atoms with Gasteiger partial charge < -0.3 is 16.4 Å². The number of carbonyl (C=O) groups excluding carboxylic acids is 1. The molecular weight excluding hydrogens is 274 g/mol. The largest absolute Gasteiger partial charge is 0.399 e. The van der Waals surface area contributed by atoms with Crippen molar-refractivity contribution >= 4 is 23.0 Å². The number of amides is 1. The molecule has 0 atom stereocenters. The van der Waals surface area contributed by atoms with Crippen molar-refractivity contribution in [1.82, 2.24) is 5.32 Å². The minimum absolute atomic E-state index is 0.0746. The lowest BCUT2D eigenvalue weighted by Crippen LogP contribution is -2.30. The van der Waals surface area contributed by atoms with Gasteiger partial charge in [0.25, 0.3) is 5.91 Å². The van der Waals surface area contributed by atoms with Crippen molar-refractivity contribution in [1.29, 1.82) is 0 Å². The third kappa shape index (κ3) is 4.01. The van der Waals surface area contributed by atoms with E-state index in [0.29, 0.717) is 11.3 Å². The van der Waals surface area contributed by atoms with Gasteiger partial charge in [0.05, 0.1) is 11.3 Å². The molecule has 2 rings (SSSR count). The average Bonchev–Trinajstić information content (AvgIpc) is 2.49. The van der Waals surface area contributed by atoms with Crippen molar-refractivity contribution in [2.24, 2.45) is 0 Å². The van der Waals surface area contributed by atoms with E-state index >= 15 is 0 Å². The molecule has 0 radical (unpaired) electrons. The van der Waals surface area contributed by atoms with Gasteiger partial charge in [-0.05, 0) is 56.2 Å². The van der Waals surface area contributed by atoms with Crippen LogP contribution >= 0.6 is 0 Å². The van der Waals surface area contributed by atoms with Gasteiger partial charge in [0.1, 0.15) is 0 Å². The van der Waals surface area contributed by atoms with Crippen molar-refractivity contribution in [2.75, 3.05) is 11.1 Å². The van der Waals surface area contributed by atoms with Crippen molar-refractivity contribution in [3.63, 3.8) is 0 Å². The molecule has 4 heteroatoms. The van der Waals surface area contributed by atoms with Crippen LogP contribution in [0.5, 0.6) is 0 Å². The van der Waals surface area contributed by atoms with Crippen LogP contribution in [-0.4, -0.2) is 11.9 Å². The number of benzene rings is 2. The van der Waals surface area contributed by atoms with Gasteiger partial charge in [-0.3, -0.25) is 4.79 Å². The summed E-state index contributed by atoms with van der Waals surface area (Å²) in [5.41, 5.74) is 9.91. The molecule has 0 aromatic heterocycles. The number of hydrogen-bond acceptors (Lipinski definition) is 3. The van der Waals surface area contributed by atoms with E-state index in [-0.39, 0.29) is 11.9 Å². The number of carbonyl (C=O) groups is 1. The highest BCUT2D eigenvalue weighted by molar-refractivity contribution is 6.01. The standard InChI is InChI=1S/C18H23N3O/c1-4-13-5-8-15(9-6-13)21-17-10-7-14(19)11-16(17)18(22)20-12(2)3/h5-12,21H,4,19H2,1-3H3,(H,20,22). The molecule has 0 saturated carbocycles. The summed E-state index contributed by atoms with van der Waals surface area (Å²) in [5, 5.41) is 6.19. The fourth-order valence-electron chi connectivity index (χ4n) is 2.18. The zero-order chi connectivity index (χ0) is 16.1. The highest BCUT2D eigenvalue weighted by Gasteiger charge is 2.13. The van der Waals surface area contributed by atoms with Crippen LogP contribution in [0.15, 0.2) is 42.5 Å². The van der Waals surface area contributed by atoms with Crippen LogP contribution in [0.4, 0.5) is 17.1 Å². The second kappa shape index (κ2) is 6.98. The van der Waals surface area contributed by atoms with Crippen molar-refractivity contribution in [2.45, 2.75) is 33.2 Å². The SMILES string of the molecule is CCc1ccc(Nc2ccc(N)cc2C(=O)NC(C)C)cc1. The Balaban J connectivity index is 2.27. The first-order valence-electron chi connectivity index (χ1n) is 7.56. The van der Waals surface area contributed by atoms with Gasteiger partial charge in [-0.2, -0.15) is 0 Å². The Hall–Kier alpha value is -2.49. The molecule has 2 aromatic carbocycles. The number of aryl methyl sites for hydroxylation is 1. The van der Waals surface area contributed by atoms with Gasteiger partial charge in [0, 0.05) is 17.4 Å². The molecule has 0 heterocycles. The molecule has 0 unspecified atom stereocenters. The summed E-state index contributed by atoms with van der Waals surface area (Å²) in [6, 6.07) is 13.6. The van der Waals surface area contributed by atoms with Gasteiger partial charge in [-0.1, -0.05) is 19.1 Å². The normalized spacial score (nSPS) is 10.5. The predicted octanol–water partition coefficient (Wildman–Crippen LogP) is 3.71. The Morgan fingerprint density at radius 1 is 1.14 bits per heavy atom. The van der Waals surface area contributed by atoms with Crippen LogP contribution in [0.25, 0.3) is 0 Å². The quantitative estimate of drug-likeness (QED) is 0.737. The second-order valence-electron chi connectivity index (χ2n) is 5.61. The minimum atomic E-state index is -0.130. The molecule has 0 saturated heterocycles.